The first kappa shape index (κ1) is 14.3. The molecule has 0 aliphatic rings. The van der Waals surface area contributed by atoms with Crippen molar-refractivity contribution in [3.05, 3.63) is 58.7 Å². The van der Waals surface area contributed by atoms with Crippen LogP contribution in [0.5, 0.6) is 17.2 Å². The van der Waals surface area contributed by atoms with Crippen LogP contribution < -0.4 is 4.74 Å². The van der Waals surface area contributed by atoms with Crippen molar-refractivity contribution in [2.24, 2.45) is 0 Å². The SMILES string of the molecule is Oc1ccc(-c2csc(COc3ccc(F)cc3)n2)c(O)c1. The Morgan fingerprint density at radius 1 is 1.09 bits per heavy atom. The second-order valence-electron chi connectivity index (χ2n) is 4.57. The number of hydrogen-bond acceptors (Lipinski definition) is 5. The summed E-state index contributed by atoms with van der Waals surface area (Å²) in [7, 11) is 0. The number of halogens is 1. The summed E-state index contributed by atoms with van der Waals surface area (Å²) < 4.78 is 18.3. The molecule has 2 N–H and O–H groups in total. The molecule has 0 bridgehead atoms. The van der Waals surface area contributed by atoms with Crippen LogP contribution in [-0.2, 0) is 6.61 Å². The number of aromatic nitrogens is 1. The molecule has 0 spiro atoms. The van der Waals surface area contributed by atoms with E-state index in [1.165, 1.54) is 35.6 Å². The molecule has 22 heavy (non-hydrogen) atoms. The van der Waals surface area contributed by atoms with E-state index in [9.17, 15) is 14.6 Å². The molecule has 1 aromatic heterocycles. The Hall–Kier alpha value is -2.60. The maximum Gasteiger partial charge on any atom is 0.140 e. The summed E-state index contributed by atoms with van der Waals surface area (Å²) in [5, 5.41) is 21.7. The molecule has 2 aromatic carbocycles. The van der Waals surface area contributed by atoms with Crippen molar-refractivity contribution >= 4 is 11.3 Å². The topological polar surface area (TPSA) is 62.6 Å². The highest BCUT2D eigenvalue weighted by Crippen LogP contribution is 2.32. The Morgan fingerprint density at radius 3 is 2.59 bits per heavy atom. The monoisotopic (exact) mass is 317 g/mol. The lowest BCUT2D eigenvalue weighted by molar-refractivity contribution is 0.305. The summed E-state index contributed by atoms with van der Waals surface area (Å²) in [6.07, 6.45) is 0. The zero-order chi connectivity index (χ0) is 15.5. The fraction of sp³-hybridized carbons (Fsp3) is 0.0625. The van der Waals surface area contributed by atoms with Gasteiger partial charge in [-0.05, 0) is 36.4 Å². The fourth-order valence-corrected chi connectivity index (χ4v) is 2.62. The van der Waals surface area contributed by atoms with E-state index in [1.807, 2.05) is 0 Å². The second-order valence-corrected chi connectivity index (χ2v) is 5.51. The van der Waals surface area contributed by atoms with Crippen LogP contribution in [0, 0.1) is 5.82 Å². The molecule has 3 aromatic rings. The van der Waals surface area contributed by atoms with Crippen molar-refractivity contribution in [1.29, 1.82) is 0 Å². The Morgan fingerprint density at radius 2 is 1.86 bits per heavy atom. The van der Waals surface area contributed by atoms with Gasteiger partial charge in [-0.2, -0.15) is 0 Å². The third kappa shape index (κ3) is 3.17. The van der Waals surface area contributed by atoms with Gasteiger partial charge in [-0.15, -0.1) is 11.3 Å². The van der Waals surface area contributed by atoms with Gasteiger partial charge in [0, 0.05) is 17.0 Å². The molecule has 0 amide bonds. The van der Waals surface area contributed by atoms with Crippen molar-refractivity contribution < 1.29 is 19.3 Å². The van der Waals surface area contributed by atoms with E-state index in [0.717, 1.165) is 5.01 Å². The molecule has 0 atom stereocenters. The van der Waals surface area contributed by atoms with Gasteiger partial charge >= 0.3 is 0 Å². The molecular weight excluding hydrogens is 305 g/mol. The molecule has 6 heteroatoms. The van der Waals surface area contributed by atoms with Crippen molar-refractivity contribution in [2.45, 2.75) is 6.61 Å². The smallest absolute Gasteiger partial charge is 0.140 e. The lowest BCUT2D eigenvalue weighted by Crippen LogP contribution is -1.94. The molecule has 0 aliphatic heterocycles. The van der Waals surface area contributed by atoms with Gasteiger partial charge in [-0.3, -0.25) is 0 Å². The summed E-state index contributed by atoms with van der Waals surface area (Å²) >= 11 is 1.40. The summed E-state index contributed by atoms with van der Waals surface area (Å²) in [4.78, 5) is 4.38. The van der Waals surface area contributed by atoms with E-state index in [4.69, 9.17) is 4.74 Å². The number of thiazole rings is 1. The van der Waals surface area contributed by atoms with E-state index >= 15 is 0 Å². The standard InChI is InChI=1S/C16H12FNO3S/c17-10-1-4-12(5-2-10)21-8-16-18-14(9-22-16)13-6-3-11(19)7-15(13)20/h1-7,9,19-20H,8H2. The Labute approximate surface area is 130 Å². The molecule has 1 heterocycles. The van der Waals surface area contributed by atoms with E-state index in [0.29, 0.717) is 17.0 Å². The molecule has 0 fully saturated rings. The van der Waals surface area contributed by atoms with Crippen molar-refractivity contribution in [1.82, 2.24) is 4.98 Å². The van der Waals surface area contributed by atoms with Gasteiger partial charge in [0.2, 0.25) is 0 Å². The van der Waals surface area contributed by atoms with Crippen LogP contribution in [0.1, 0.15) is 5.01 Å². The maximum atomic E-state index is 12.8. The maximum absolute atomic E-state index is 12.8. The van der Waals surface area contributed by atoms with E-state index in [-0.39, 0.29) is 23.9 Å². The van der Waals surface area contributed by atoms with Gasteiger partial charge in [0.25, 0.3) is 0 Å². The number of aromatic hydroxyl groups is 2. The molecule has 0 unspecified atom stereocenters. The third-order valence-electron chi connectivity index (χ3n) is 2.98. The number of phenols is 2. The Bertz CT molecular complexity index is 786. The van der Waals surface area contributed by atoms with E-state index < -0.39 is 0 Å². The van der Waals surface area contributed by atoms with Crippen LogP contribution in [0.3, 0.4) is 0 Å². The van der Waals surface area contributed by atoms with Gasteiger partial charge in [0.15, 0.2) is 0 Å². The molecule has 112 valence electrons. The minimum absolute atomic E-state index is 0.00338. The molecule has 0 aliphatic carbocycles. The predicted octanol–water partition coefficient (Wildman–Crippen LogP) is 3.94. The summed E-state index contributed by atoms with van der Waals surface area (Å²) in [6, 6.07) is 10.1. The molecule has 0 radical (unpaired) electrons. The molecule has 0 saturated carbocycles. The average molecular weight is 317 g/mol. The number of hydrogen-bond donors (Lipinski definition) is 2. The minimum atomic E-state index is -0.313. The van der Waals surface area contributed by atoms with E-state index in [2.05, 4.69) is 4.98 Å². The van der Waals surface area contributed by atoms with Crippen LogP contribution in [0.2, 0.25) is 0 Å². The van der Waals surface area contributed by atoms with Crippen molar-refractivity contribution in [3.63, 3.8) is 0 Å². The van der Waals surface area contributed by atoms with Crippen LogP contribution in [0.4, 0.5) is 4.39 Å². The van der Waals surface area contributed by atoms with Gasteiger partial charge in [0.1, 0.15) is 34.7 Å². The quantitative estimate of drug-likeness (QED) is 0.765. The fourth-order valence-electron chi connectivity index (χ4n) is 1.91. The first-order valence-corrected chi connectivity index (χ1v) is 7.35. The lowest BCUT2D eigenvalue weighted by Gasteiger charge is -2.03. The Balaban J connectivity index is 1.72. The summed E-state index contributed by atoms with van der Waals surface area (Å²) in [5.74, 6) is 0.213. The number of rotatable bonds is 4. The molecule has 4 nitrogen and oxygen atoms in total. The highest BCUT2D eigenvalue weighted by molar-refractivity contribution is 7.09. The van der Waals surface area contributed by atoms with E-state index in [1.54, 1.807) is 23.6 Å². The Kier molecular flexibility index (Phi) is 3.93. The number of benzene rings is 2. The van der Waals surface area contributed by atoms with Crippen molar-refractivity contribution in [2.75, 3.05) is 0 Å². The normalized spacial score (nSPS) is 10.6. The van der Waals surface area contributed by atoms with Gasteiger partial charge < -0.3 is 14.9 Å². The molecule has 0 saturated heterocycles. The van der Waals surface area contributed by atoms with Gasteiger partial charge in [-0.25, -0.2) is 9.37 Å². The zero-order valence-electron chi connectivity index (χ0n) is 11.4. The van der Waals surface area contributed by atoms with Crippen molar-refractivity contribution in [3.8, 4) is 28.5 Å². The number of ether oxygens (including phenoxy) is 1. The highest BCUT2D eigenvalue weighted by atomic mass is 32.1. The van der Waals surface area contributed by atoms with Crippen LogP contribution >= 0.6 is 11.3 Å². The van der Waals surface area contributed by atoms with Crippen LogP contribution in [0.15, 0.2) is 47.8 Å². The average Bonchev–Trinajstić information content (AvgIpc) is 2.95. The minimum Gasteiger partial charge on any atom is -0.508 e. The van der Waals surface area contributed by atoms with Gasteiger partial charge in [0.05, 0.1) is 5.69 Å². The third-order valence-corrected chi connectivity index (χ3v) is 3.81. The van der Waals surface area contributed by atoms with Crippen LogP contribution in [0.25, 0.3) is 11.3 Å². The summed E-state index contributed by atoms with van der Waals surface area (Å²) in [6.45, 7) is 0.259. The predicted molar refractivity (Wildman–Crippen MR) is 81.6 cm³/mol. The molecule has 3 rings (SSSR count). The second kappa shape index (κ2) is 6.03. The number of phenolic OH excluding ortho intramolecular Hbond substituents is 2. The number of nitrogens with zero attached hydrogens (tertiary/aromatic N) is 1. The van der Waals surface area contributed by atoms with Crippen LogP contribution in [-0.4, -0.2) is 15.2 Å². The molecular formula is C16H12FNO3S. The first-order chi connectivity index (χ1) is 10.6. The summed E-state index contributed by atoms with van der Waals surface area (Å²) in [5.41, 5.74) is 1.15. The lowest BCUT2D eigenvalue weighted by atomic mass is 10.1. The van der Waals surface area contributed by atoms with Gasteiger partial charge in [-0.1, -0.05) is 0 Å². The zero-order valence-corrected chi connectivity index (χ0v) is 12.2. The largest absolute Gasteiger partial charge is 0.508 e. The highest BCUT2D eigenvalue weighted by Gasteiger charge is 2.10. The first-order valence-electron chi connectivity index (χ1n) is 6.47.